The van der Waals surface area contributed by atoms with Gasteiger partial charge in [0.15, 0.2) is 0 Å². The van der Waals surface area contributed by atoms with Crippen molar-refractivity contribution in [2.75, 3.05) is 20.1 Å². The van der Waals surface area contributed by atoms with Crippen LogP contribution < -0.4 is 5.73 Å². The van der Waals surface area contributed by atoms with Crippen molar-refractivity contribution in [2.24, 2.45) is 11.7 Å². The predicted octanol–water partition coefficient (Wildman–Crippen LogP) is 2.25. The van der Waals surface area contributed by atoms with Crippen molar-refractivity contribution < 1.29 is 9.18 Å². The summed E-state index contributed by atoms with van der Waals surface area (Å²) in [6.07, 6.45) is 0.904. The molecule has 0 spiro atoms. The van der Waals surface area contributed by atoms with E-state index in [0.717, 1.165) is 6.42 Å². The average Bonchev–Trinajstić information content (AvgIpc) is 2.42. The molecule has 2 N–H and O–H groups in total. The molecule has 1 rings (SSSR count). The van der Waals surface area contributed by atoms with E-state index in [1.807, 2.05) is 0 Å². The van der Waals surface area contributed by atoms with Crippen molar-refractivity contribution >= 4 is 5.91 Å². The summed E-state index contributed by atoms with van der Waals surface area (Å²) in [4.78, 5) is 14.0. The average molecular weight is 276 g/mol. The third-order valence-electron chi connectivity index (χ3n) is 2.93. The second-order valence-electron chi connectivity index (χ2n) is 5.11. The molecule has 0 atom stereocenters. The van der Waals surface area contributed by atoms with Crippen molar-refractivity contribution in [2.45, 2.75) is 20.3 Å². The molecular formula is C16H21FN2O. The highest BCUT2D eigenvalue weighted by molar-refractivity contribution is 5.96. The molecule has 1 aromatic carbocycles. The highest BCUT2D eigenvalue weighted by atomic mass is 19.1. The number of nitrogens with zero attached hydrogens (tertiary/aromatic N) is 1. The summed E-state index contributed by atoms with van der Waals surface area (Å²) < 4.78 is 13.4. The lowest BCUT2D eigenvalue weighted by Gasteiger charge is -2.19. The second kappa shape index (κ2) is 7.66. The number of amides is 1. The maximum absolute atomic E-state index is 13.4. The minimum Gasteiger partial charge on any atom is -0.342 e. The van der Waals surface area contributed by atoms with E-state index in [2.05, 4.69) is 25.7 Å². The fourth-order valence-corrected chi connectivity index (χ4v) is 1.71. The minimum absolute atomic E-state index is 0.203. The third-order valence-corrected chi connectivity index (χ3v) is 2.93. The molecule has 0 radical (unpaired) electrons. The Morgan fingerprint density at radius 3 is 2.75 bits per heavy atom. The fourth-order valence-electron chi connectivity index (χ4n) is 1.71. The van der Waals surface area contributed by atoms with Gasteiger partial charge in [-0.15, -0.1) is 0 Å². The van der Waals surface area contributed by atoms with Crippen LogP contribution in [0.5, 0.6) is 0 Å². The molecule has 3 nitrogen and oxygen atoms in total. The summed E-state index contributed by atoms with van der Waals surface area (Å²) in [5.74, 6) is 5.36. The van der Waals surface area contributed by atoms with Gasteiger partial charge in [-0.3, -0.25) is 4.79 Å². The van der Waals surface area contributed by atoms with Crippen LogP contribution in [0.3, 0.4) is 0 Å². The van der Waals surface area contributed by atoms with Crippen LogP contribution in [0.15, 0.2) is 18.2 Å². The van der Waals surface area contributed by atoms with E-state index in [9.17, 15) is 9.18 Å². The maximum atomic E-state index is 13.4. The molecule has 0 aliphatic rings. The van der Waals surface area contributed by atoms with Crippen LogP contribution in [0.2, 0.25) is 0 Å². The van der Waals surface area contributed by atoms with Gasteiger partial charge in [0, 0.05) is 19.2 Å². The van der Waals surface area contributed by atoms with Gasteiger partial charge in [-0.25, -0.2) is 4.39 Å². The number of halogens is 1. The van der Waals surface area contributed by atoms with Gasteiger partial charge in [0.05, 0.1) is 12.1 Å². The first-order valence-corrected chi connectivity index (χ1v) is 6.69. The van der Waals surface area contributed by atoms with E-state index in [4.69, 9.17) is 5.73 Å². The summed E-state index contributed by atoms with van der Waals surface area (Å²) in [5.41, 5.74) is 6.13. The van der Waals surface area contributed by atoms with Crippen LogP contribution in [0.1, 0.15) is 36.2 Å². The zero-order valence-electron chi connectivity index (χ0n) is 12.2. The number of hydrogen-bond donors (Lipinski definition) is 1. The molecule has 1 amide bonds. The van der Waals surface area contributed by atoms with Gasteiger partial charge >= 0.3 is 0 Å². The van der Waals surface area contributed by atoms with E-state index in [-0.39, 0.29) is 18.0 Å². The Bertz CT molecular complexity index is 529. The second-order valence-corrected chi connectivity index (χ2v) is 5.11. The Balaban J connectivity index is 2.98. The van der Waals surface area contributed by atoms with Gasteiger partial charge in [-0.2, -0.15) is 0 Å². The Hall–Kier alpha value is -1.86. The quantitative estimate of drug-likeness (QED) is 0.857. The number of carbonyl (C=O) groups excluding carboxylic acids is 1. The van der Waals surface area contributed by atoms with Crippen molar-refractivity contribution in [3.8, 4) is 11.8 Å². The molecule has 20 heavy (non-hydrogen) atoms. The van der Waals surface area contributed by atoms with Gasteiger partial charge in [-0.1, -0.05) is 25.7 Å². The number of nitrogens with two attached hydrogens (primary N) is 1. The fraction of sp³-hybridized carbons (Fsp3) is 0.438. The van der Waals surface area contributed by atoms with Crippen molar-refractivity contribution in [1.82, 2.24) is 4.90 Å². The number of hydrogen-bond acceptors (Lipinski definition) is 2. The molecule has 0 bridgehead atoms. The predicted molar refractivity (Wildman–Crippen MR) is 78.7 cm³/mol. The van der Waals surface area contributed by atoms with E-state index >= 15 is 0 Å². The molecule has 0 fully saturated rings. The van der Waals surface area contributed by atoms with Crippen LogP contribution in [0.4, 0.5) is 4.39 Å². The first kappa shape index (κ1) is 16.2. The number of rotatable bonds is 4. The molecule has 0 heterocycles. The summed E-state index contributed by atoms with van der Waals surface area (Å²) in [5, 5.41) is 0. The van der Waals surface area contributed by atoms with Gasteiger partial charge in [0.1, 0.15) is 5.82 Å². The van der Waals surface area contributed by atoms with Crippen LogP contribution in [-0.2, 0) is 0 Å². The lowest BCUT2D eigenvalue weighted by atomic mass is 10.1. The van der Waals surface area contributed by atoms with Crippen LogP contribution in [-0.4, -0.2) is 30.9 Å². The van der Waals surface area contributed by atoms with Crippen LogP contribution in [0, 0.1) is 23.6 Å². The molecule has 0 saturated carbocycles. The third kappa shape index (κ3) is 4.67. The normalized spacial score (nSPS) is 10.1. The molecule has 0 aromatic heterocycles. The Labute approximate surface area is 120 Å². The maximum Gasteiger partial charge on any atom is 0.254 e. The summed E-state index contributed by atoms with van der Waals surface area (Å²) in [7, 11) is 1.72. The largest absolute Gasteiger partial charge is 0.342 e. The molecule has 0 unspecified atom stereocenters. The first-order valence-electron chi connectivity index (χ1n) is 6.69. The van der Waals surface area contributed by atoms with Crippen LogP contribution >= 0.6 is 0 Å². The van der Waals surface area contributed by atoms with Crippen molar-refractivity contribution in [3.05, 3.63) is 35.1 Å². The molecule has 0 saturated heterocycles. The lowest BCUT2D eigenvalue weighted by molar-refractivity contribution is 0.0788. The van der Waals surface area contributed by atoms with Crippen molar-refractivity contribution in [3.63, 3.8) is 0 Å². The molecule has 0 aliphatic carbocycles. The summed E-state index contributed by atoms with van der Waals surface area (Å²) >= 11 is 0. The zero-order valence-corrected chi connectivity index (χ0v) is 12.2. The molecule has 4 heteroatoms. The van der Waals surface area contributed by atoms with E-state index in [1.165, 1.54) is 18.2 Å². The smallest absolute Gasteiger partial charge is 0.254 e. The monoisotopic (exact) mass is 276 g/mol. The molecule has 0 aliphatic heterocycles. The van der Waals surface area contributed by atoms with Crippen LogP contribution in [0.25, 0.3) is 0 Å². The standard InChI is InChI=1S/C16H21FN2O/c1-12(2)8-10-19(3)16(20)15-11-14(17)7-6-13(15)5-4-9-18/h6-7,11-12H,8-10,18H2,1-3H3. The minimum atomic E-state index is -0.441. The van der Waals surface area contributed by atoms with Gasteiger partial charge in [0.2, 0.25) is 0 Å². The van der Waals surface area contributed by atoms with Crippen molar-refractivity contribution in [1.29, 1.82) is 0 Å². The SMILES string of the molecule is CC(C)CCN(C)C(=O)c1cc(F)ccc1C#CCN. The topological polar surface area (TPSA) is 46.3 Å². The summed E-state index contributed by atoms with van der Waals surface area (Å²) in [6, 6.07) is 4.04. The van der Waals surface area contributed by atoms with Gasteiger partial charge in [-0.05, 0) is 30.5 Å². The lowest BCUT2D eigenvalue weighted by Crippen LogP contribution is -2.29. The van der Waals surface area contributed by atoms with E-state index in [1.54, 1.807) is 11.9 Å². The van der Waals surface area contributed by atoms with Gasteiger partial charge < -0.3 is 10.6 Å². The highest BCUT2D eigenvalue weighted by Gasteiger charge is 2.16. The first-order chi connectivity index (χ1) is 9.45. The van der Waals surface area contributed by atoms with Gasteiger partial charge in [0.25, 0.3) is 5.91 Å². The molecule has 1 aromatic rings. The Morgan fingerprint density at radius 1 is 1.45 bits per heavy atom. The van der Waals surface area contributed by atoms with E-state index in [0.29, 0.717) is 18.0 Å². The number of benzene rings is 1. The highest BCUT2D eigenvalue weighted by Crippen LogP contribution is 2.13. The Kier molecular flexibility index (Phi) is 6.20. The Morgan fingerprint density at radius 2 is 2.15 bits per heavy atom. The summed E-state index contributed by atoms with van der Waals surface area (Å²) in [6.45, 7) is 5.03. The zero-order chi connectivity index (χ0) is 15.1. The molecule has 108 valence electrons. The molecular weight excluding hydrogens is 255 g/mol. The van der Waals surface area contributed by atoms with E-state index < -0.39 is 5.82 Å². The number of carbonyl (C=O) groups is 1.